The summed E-state index contributed by atoms with van der Waals surface area (Å²) in [6.45, 7) is 5.70. The number of nitrogens with one attached hydrogen (secondary N) is 2. The first-order valence-electron chi connectivity index (χ1n) is 7.37. The fraction of sp³-hybridized carbons (Fsp3) is 0.600. The maximum atomic E-state index is 11.3. The first kappa shape index (κ1) is 14.6. The maximum Gasteiger partial charge on any atom is 0.315 e. The minimum atomic E-state index is -0.308. The predicted molar refractivity (Wildman–Crippen MR) is 82.3 cm³/mol. The Morgan fingerprint density at radius 2 is 2.00 bits per heavy atom. The molecule has 2 atom stereocenters. The Morgan fingerprint density at radius 1 is 1.30 bits per heavy atom. The third kappa shape index (κ3) is 3.40. The molecule has 0 radical (unpaired) electrons. The van der Waals surface area contributed by atoms with Gasteiger partial charge >= 0.3 is 5.69 Å². The Kier molecular flexibility index (Phi) is 4.82. The average molecular weight is 277 g/mol. The third-order valence-corrected chi connectivity index (χ3v) is 3.97. The van der Waals surface area contributed by atoms with Crippen molar-refractivity contribution in [2.24, 2.45) is 11.8 Å². The van der Waals surface area contributed by atoms with Crippen LogP contribution in [0.1, 0.15) is 33.1 Å². The molecule has 0 heterocycles. The Hall–Kier alpha value is -1.78. The van der Waals surface area contributed by atoms with E-state index in [1.54, 1.807) is 12.1 Å². The van der Waals surface area contributed by atoms with E-state index in [0.29, 0.717) is 23.8 Å². The van der Waals surface area contributed by atoms with E-state index in [4.69, 9.17) is 0 Å². The number of para-hydroxylation sites is 1. The Morgan fingerprint density at radius 3 is 2.55 bits per heavy atom. The zero-order valence-electron chi connectivity index (χ0n) is 12.2. The van der Waals surface area contributed by atoms with Crippen LogP contribution < -0.4 is 10.6 Å². The van der Waals surface area contributed by atoms with Gasteiger partial charge in [-0.3, -0.25) is 10.1 Å². The fourth-order valence-electron chi connectivity index (χ4n) is 2.98. The van der Waals surface area contributed by atoms with E-state index in [1.165, 1.54) is 19.3 Å². The van der Waals surface area contributed by atoms with Crippen molar-refractivity contribution in [2.45, 2.75) is 33.1 Å². The number of nitro benzene ring substituents is 1. The molecule has 2 rings (SSSR count). The van der Waals surface area contributed by atoms with Crippen molar-refractivity contribution in [3.63, 3.8) is 0 Å². The second-order valence-corrected chi connectivity index (χ2v) is 5.65. The molecular formula is C15H23N3O2. The molecule has 1 aliphatic rings. The number of rotatable bonds is 6. The Balaban J connectivity index is 2.10. The van der Waals surface area contributed by atoms with Crippen LogP contribution in [0.5, 0.6) is 0 Å². The lowest BCUT2D eigenvalue weighted by Gasteiger charge is -2.14. The first-order valence-corrected chi connectivity index (χ1v) is 7.37. The van der Waals surface area contributed by atoms with Crippen molar-refractivity contribution in [3.8, 4) is 0 Å². The second kappa shape index (κ2) is 6.59. The predicted octanol–water partition coefficient (Wildman–Crippen LogP) is 3.87. The van der Waals surface area contributed by atoms with Crippen LogP contribution in [0.4, 0.5) is 17.1 Å². The molecular weight excluding hydrogens is 254 g/mol. The molecule has 20 heavy (non-hydrogen) atoms. The highest BCUT2D eigenvalue weighted by Gasteiger charge is 2.23. The number of benzene rings is 1. The zero-order chi connectivity index (χ0) is 14.5. The molecule has 2 unspecified atom stereocenters. The van der Waals surface area contributed by atoms with Gasteiger partial charge in [0.25, 0.3) is 0 Å². The normalized spacial score (nSPS) is 21.7. The van der Waals surface area contributed by atoms with Gasteiger partial charge in [-0.1, -0.05) is 19.4 Å². The highest BCUT2D eigenvalue weighted by Crippen LogP contribution is 2.35. The molecule has 1 aromatic rings. The van der Waals surface area contributed by atoms with Gasteiger partial charge in [-0.05, 0) is 43.7 Å². The molecule has 2 N–H and O–H groups in total. The standard InChI is InChI=1S/C15H23N3O2/c1-3-16-13-5-4-6-14(15(13)18(19)20)17-10-12-8-7-11(2)9-12/h4-6,11-12,16-17H,3,7-10H2,1-2H3. The summed E-state index contributed by atoms with van der Waals surface area (Å²) in [6.07, 6.45) is 3.70. The van der Waals surface area contributed by atoms with Gasteiger partial charge < -0.3 is 10.6 Å². The van der Waals surface area contributed by atoms with E-state index in [9.17, 15) is 10.1 Å². The smallest absolute Gasteiger partial charge is 0.315 e. The fourth-order valence-corrected chi connectivity index (χ4v) is 2.98. The van der Waals surface area contributed by atoms with Gasteiger partial charge in [-0.2, -0.15) is 0 Å². The molecule has 0 spiro atoms. The lowest BCUT2D eigenvalue weighted by molar-refractivity contribution is -0.383. The number of anilines is 2. The quantitative estimate of drug-likeness (QED) is 0.611. The number of nitro groups is 1. The molecule has 5 nitrogen and oxygen atoms in total. The highest BCUT2D eigenvalue weighted by molar-refractivity contribution is 5.76. The molecule has 1 aliphatic carbocycles. The minimum absolute atomic E-state index is 0.153. The molecule has 0 aromatic heterocycles. The summed E-state index contributed by atoms with van der Waals surface area (Å²) < 4.78 is 0. The van der Waals surface area contributed by atoms with Gasteiger partial charge in [-0.15, -0.1) is 0 Å². The molecule has 1 aromatic carbocycles. The van der Waals surface area contributed by atoms with Crippen LogP contribution in [-0.2, 0) is 0 Å². The van der Waals surface area contributed by atoms with Gasteiger partial charge in [0, 0.05) is 13.1 Å². The van der Waals surface area contributed by atoms with Crippen LogP contribution in [0.25, 0.3) is 0 Å². The summed E-state index contributed by atoms with van der Waals surface area (Å²) in [7, 11) is 0. The van der Waals surface area contributed by atoms with E-state index >= 15 is 0 Å². The van der Waals surface area contributed by atoms with Crippen molar-refractivity contribution < 1.29 is 4.92 Å². The molecule has 110 valence electrons. The molecule has 0 amide bonds. The number of hydrogen-bond donors (Lipinski definition) is 2. The minimum Gasteiger partial charge on any atom is -0.380 e. The van der Waals surface area contributed by atoms with Crippen LogP contribution in [0, 0.1) is 22.0 Å². The lowest BCUT2D eigenvalue weighted by Crippen LogP contribution is -2.13. The van der Waals surface area contributed by atoms with E-state index in [2.05, 4.69) is 17.6 Å². The molecule has 0 aliphatic heterocycles. The molecule has 5 heteroatoms. The average Bonchev–Trinajstić information content (AvgIpc) is 2.82. The Bertz CT molecular complexity index is 476. The van der Waals surface area contributed by atoms with Crippen LogP contribution in [0.2, 0.25) is 0 Å². The summed E-state index contributed by atoms with van der Waals surface area (Å²) in [5.74, 6) is 1.41. The van der Waals surface area contributed by atoms with Crippen LogP contribution in [0.15, 0.2) is 18.2 Å². The third-order valence-electron chi connectivity index (χ3n) is 3.97. The summed E-state index contributed by atoms with van der Waals surface area (Å²) in [4.78, 5) is 11.0. The van der Waals surface area contributed by atoms with E-state index in [-0.39, 0.29) is 10.6 Å². The maximum absolute atomic E-state index is 11.3. The van der Waals surface area contributed by atoms with Gasteiger partial charge in [0.1, 0.15) is 11.4 Å². The van der Waals surface area contributed by atoms with Crippen molar-refractivity contribution in [1.29, 1.82) is 0 Å². The monoisotopic (exact) mass is 277 g/mol. The topological polar surface area (TPSA) is 67.2 Å². The van der Waals surface area contributed by atoms with Crippen molar-refractivity contribution >= 4 is 17.1 Å². The second-order valence-electron chi connectivity index (χ2n) is 5.65. The summed E-state index contributed by atoms with van der Waals surface area (Å²) in [5, 5.41) is 17.6. The van der Waals surface area contributed by atoms with Gasteiger partial charge in [0.05, 0.1) is 4.92 Å². The summed E-state index contributed by atoms with van der Waals surface area (Å²) >= 11 is 0. The van der Waals surface area contributed by atoms with Crippen LogP contribution in [0.3, 0.4) is 0 Å². The lowest BCUT2D eigenvalue weighted by atomic mass is 10.1. The Labute approximate surface area is 119 Å². The largest absolute Gasteiger partial charge is 0.380 e. The van der Waals surface area contributed by atoms with Crippen LogP contribution in [-0.4, -0.2) is 18.0 Å². The summed E-state index contributed by atoms with van der Waals surface area (Å²) in [6, 6.07) is 5.40. The van der Waals surface area contributed by atoms with E-state index in [0.717, 1.165) is 12.5 Å². The molecule has 1 saturated carbocycles. The van der Waals surface area contributed by atoms with Crippen molar-refractivity contribution in [1.82, 2.24) is 0 Å². The summed E-state index contributed by atoms with van der Waals surface area (Å²) in [5.41, 5.74) is 1.36. The van der Waals surface area contributed by atoms with Crippen LogP contribution >= 0.6 is 0 Å². The van der Waals surface area contributed by atoms with Crippen molar-refractivity contribution in [3.05, 3.63) is 28.3 Å². The number of hydrogen-bond acceptors (Lipinski definition) is 4. The van der Waals surface area contributed by atoms with Gasteiger partial charge in [-0.25, -0.2) is 0 Å². The zero-order valence-corrected chi connectivity index (χ0v) is 12.2. The highest BCUT2D eigenvalue weighted by atomic mass is 16.6. The first-order chi connectivity index (χ1) is 9.61. The van der Waals surface area contributed by atoms with E-state index < -0.39 is 0 Å². The van der Waals surface area contributed by atoms with E-state index in [1.807, 2.05) is 13.0 Å². The van der Waals surface area contributed by atoms with Gasteiger partial charge in [0.15, 0.2) is 0 Å². The molecule has 1 fully saturated rings. The van der Waals surface area contributed by atoms with Gasteiger partial charge in [0.2, 0.25) is 0 Å². The van der Waals surface area contributed by atoms with Crippen molar-refractivity contribution in [2.75, 3.05) is 23.7 Å². The molecule has 0 bridgehead atoms. The SMILES string of the molecule is CCNc1cccc(NCC2CCC(C)C2)c1[N+](=O)[O-]. The number of nitrogens with zero attached hydrogens (tertiary/aromatic N) is 1. The molecule has 0 saturated heterocycles.